The Morgan fingerprint density at radius 3 is 2.55 bits per heavy atom. The van der Waals surface area contributed by atoms with E-state index in [1.165, 1.54) is 6.20 Å². The van der Waals surface area contributed by atoms with Gasteiger partial charge in [-0.2, -0.15) is 0 Å². The summed E-state index contributed by atoms with van der Waals surface area (Å²) in [5.74, 6) is 0. The van der Waals surface area contributed by atoms with Gasteiger partial charge in [0.05, 0.1) is 5.56 Å². The molecule has 0 aromatic carbocycles. The van der Waals surface area contributed by atoms with Gasteiger partial charge in [0.25, 0.3) is 5.56 Å². The Morgan fingerprint density at radius 1 is 1.55 bits per heavy atom. The highest BCUT2D eigenvalue weighted by atomic mass is 16.1. The average Bonchev–Trinajstić information content (AvgIpc) is 2.09. The molecule has 0 aliphatic heterocycles. The third-order valence-corrected chi connectivity index (χ3v) is 1.00. The highest BCUT2D eigenvalue weighted by molar-refractivity contribution is 5.75. The van der Waals surface area contributed by atoms with E-state index < -0.39 is 0 Å². The second kappa shape index (κ2) is 5.41. The molecule has 0 saturated heterocycles. The van der Waals surface area contributed by atoms with Crippen molar-refractivity contribution in [1.82, 2.24) is 4.98 Å². The summed E-state index contributed by atoms with van der Waals surface area (Å²) in [6.07, 6.45) is 2.56. The molecule has 11 heavy (non-hydrogen) atoms. The first-order valence-corrected chi connectivity index (χ1v) is 3.53. The molecule has 1 aromatic rings. The smallest absolute Gasteiger partial charge is 0.256 e. The zero-order valence-corrected chi connectivity index (χ0v) is 6.72. The second-order valence-corrected chi connectivity index (χ2v) is 1.60. The maximum atomic E-state index is 10.6. The van der Waals surface area contributed by atoms with Gasteiger partial charge in [0.15, 0.2) is 0 Å². The Labute approximate surface area is 65.6 Å². The van der Waals surface area contributed by atoms with E-state index in [0.29, 0.717) is 5.56 Å². The van der Waals surface area contributed by atoms with Gasteiger partial charge in [-0.3, -0.25) is 4.79 Å². The molecule has 0 spiro atoms. The van der Waals surface area contributed by atoms with Crippen molar-refractivity contribution < 1.29 is 0 Å². The van der Waals surface area contributed by atoms with E-state index in [0.717, 1.165) is 6.21 Å². The van der Waals surface area contributed by atoms with Crippen molar-refractivity contribution in [1.29, 1.82) is 5.41 Å². The molecule has 0 amide bonds. The van der Waals surface area contributed by atoms with Crippen LogP contribution in [0.15, 0.2) is 23.1 Å². The molecule has 2 N–H and O–H groups in total. The lowest BCUT2D eigenvalue weighted by Crippen LogP contribution is -2.09. The third-order valence-electron chi connectivity index (χ3n) is 1.00. The fraction of sp³-hybridized carbons (Fsp3) is 0.250. The van der Waals surface area contributed by atoms with Crippen LogP contribution in [0.3, 0.4) is 0 Å². The van der Waals surface area contributed by atoms with Crippen molar-refractivity contribution in [2.24, 2.45) is 0 Å². The SMILES string of the molecule is CC.N=Cc1ccc[nH]c1=O. The Hall–Kier alpha value is -1.38. The van der Waals surface area contributed by atoms with Gasteiger partial charge in [-0.05, 0) is 12.1 Å². The van der Waals surface area contributed by atoms with Crippen LogP contribution in [0.1, 0.15) is 19.4 Å². The van der Waals surface area contributed by atoms with E-state index in [9.17, 15) is 4.79 Å². The van der Waals surface area contributed by atoms with E-state index in [1.807, 2.05) is 13.8 Å². The van der Waals surface area contributed by atoms with E-state index >= 15 is 0 Å². The molecule has 0 aliphatic carbocycles. The van der Waals surface area contributed by atoms with Crippen molar-refractivity contribution in [2.45, 2.75) is 13.8 Å². The van der Waals surface area contributed by atoms with Gasteiger partial charge >= 0.3 is 0 Å². The Morgan fingerprint density at radius 2 is 2.18 bits per heavy atom. The first kappa shape index (κ1) is 9.62. The average molecular weight is 152 g/mol. The quantitative estimate of drug-likeness (QED) is 0.587. The molecule has 3 heteroatoms. The Balaban J connectivity index is 0.000000461. The van der Waals surface area contributed by atoms with Crippen LogP contribution in [0.4, 0.5) is 0 Å². The minimum atomic E-state index is -0.215. The first-order chi connectivity index (χ1) is 5.34. The second-order valence-electron chi connectivity index (χ2n) is 1.60. The van der Waals surface area contributed by atoms with Gasteiger partial charge in [0.1, 0.15) is 0 Å². The summed E-state index contributed by atoms with van der Waals surface area (Å²) in [5.41, 5.74) is 0.171. The number of aromatic nitrogens is 1. The number of pyridine rings is 1. The first-order valence-electron chi connectivity index (χ1n) is 3.53. The topological polar surface area (TPSA) is 56.7 Å². The van der Waals surface area contributed by atoms with E-state index in [1.54, 1.807) is 12.1 Å². The van der Waals surface area contributed by atoms with Crippen LogP contribution in [0, 0.1) is 5.41 Å². The van der Waals surface area contributed by atoms with Crippen LogP contribution in [0.25, 0.3) is 0 Å². The highest BCUT2D eigenvalue weighted by Crippen LogP contribution is 1.80. The molecule has 0 unspecified atom stereocenters. The predicted molar refractivity (Wildman–Crippen MR) is 46.3 cm³/mol. The van der Waals surface area contributed by atoms with Crippen LogP contribution >= 0.6 is 0 Å². The number of hydrogen-bond acceptors (Lipinski definition) is 2. The fourth-order valence-electron chi connectivity index (χ4n) is 0.548. The molecule has 0 fully saturated rings. The lowest BCUT2D eigenvalue weighted by atomic mass is 10.3. The van der Waals surface area contributed by atoms with Crippen LogP contribution < -0.4 is 5.56 Å². The van der Waals surface area contributed by atoms with Crippen LogP contribution in [-0.4, -0.2) is 11.2 Å². The lowest BCUT2D eigenvalue weighted by Gasteiger charge is -1.84. The lowest BCUT2D eigenvalue weighted by molar-refractivity contribution is 1.23. The number of aromatic amines is 1. The third kappa shape index (κ3) is 2.80. The van der Waals surface area contributed by atoms with Crippen molar-refractivity contribution in [3.8, 4) is 0 Å². The maximum Gasteiger partial charge on any atom is 0.256 e. The molecule has 1 aromatic heterocycles. The molecular formula is C8H12N2O. The van der Waals surface area contributed by atoms with Crippen molar-refractivity contribution in [3.05, 3.63) is 34.2 Å². The maximum absolute atomic E-state index is 10.6. The van der Waals surface area contributed by atoms with E-state index in [2.05, 4.69) is 4.98 Å². The van der Waals surface area contributed by atoms with Gasteiger partial charge < -0.3 is 10.4 Å². The summed E-state index contributed by atoms with van der Waals surface area (Å²) < 4.78 is 0. The van der Waals surface area contributed by atoms with Crippen molar-refractivity contribution in [3.63, 3.8) is 0 Å². The monoisotopic (exact) mass is 152 g/mol. The summed E-state index contributed by atoms with van der Waals surface area (Å²) in [6, 6.07) is 3.27. The number of rotatable bonds is 1. The summed E-state index contributed by atoms with van der Waals surface area (Å²) in [4.78, 5) is 13.1. The number of nitrogens with one attached hydrogen (secondary N) is 2. The van der Waals surface area contributed by atoms with Gasteiger partial charge in [-0.1, -0.05) is 13.8 Å². The largest absolute Gasteiger partial charge is 0.329 e. The Bertz CT molecular complexity index is 265. The summed E-state index contributed by atoms with van der Waals surface area (Å²) in [6.45, 7) is 4.00. The highest BCUT2D eigenvalue weighted by Gasteiger charge is 1.88. The Kier molecular flexibility index (Phi) is 4.73. The zero-order valence-electron chi connectivity index (χ0n) is 6.72. The normalized spacial score (nSPS) is 7.82. The van der Waals surface area contributed by atoms with Crippen LogP contribution in [-0.2, 0) is 0 Å². The number of H-pyrrole nitrogens is 1. The summed E-state index contributed by atoms with van der Waals surface area (Å²) in [5, 5.41) is 6.74. The molecule has 0 saturated carbocycles. The van der Waals surface area contributed by atoms with Gasteiger partial charge in [-0.15, -0.1) is 0 Å². The van der Waals surface area contributed by atoms with Crippen molar-refractivity contribution in [2.75, 3.05) is 0 Å². The molecule has 0 bridgehead atoms. The predicted octanol–water partition coefficient (Wildman–Crippen LogP) is 1.40. The van der Waals surface area contributed by atoms with Crippen LogP contribution in [0.2, 0.25) is 0 Å². The minimum Gasteiger partial charge on any atom is -0.329 e. The van der Waals surface area contributed by atoms with Gasteiger partial charge in [0, 0.05) is 12.4 Å². The van der Waals surface area contributed by atoms with Crippen LogP contribution in [0.5, 0.6) is 0 Å². The molecule has 1 heterocycles. The molecule has 1 rings (SSSR count). The summed E-state index contributed by atoms with van der Waals surface area (Å²) >= 11 is 0. The summed E-state index contributed by atoms with van der Waals surface area (Å²) in [7, 11) is 0. The minimum absolute atomic E-state index is 0.215. The molecule has 3 nitrogen and oxygen atoms in total. The standard InChI is InChI=1S/C6H6N2O.C2H6/c7-4-5-2-1-3-8-6(5)9;1-2/h1-4,7H,(H,8,9);1-2H3. The van der Waals surface area contributed by atoms with E-state index in [-0.39, 0.29) is 5.56 Å². The zero-order chi connectivity index (χ0) is 8.69. The van der Waals surface area contributed by atoms with Gasteiger partial charge in [0.2, 0.25) is 0 Å². The van der Waals surface area contributed by atoms with E-state index in [4.69, 9.17) is 5.41 Å². The molecular weight excluding hydrogens is 140 g/mol. The molecule has 0 aliphatic rings. The molecule has 0 radical (unpaired) electrons. The number of hydrogen-bond donors (Lipinski definition) is 2. The van der Waals surface area contributed by atoms with Crippen molar-refractivity contribution >= 4 is 6.21 Å². The molecule has 0 atom stereocenters. The van der Waals surface area contributed by atoms with Gasteiger partial charge in [-0.25, -0.2) is 0 Å². The fourth-order valence-corrected chi connectivity index (χ4v) is 0.548. The molecule has 60 valence electrons.